The van der Waals surface area contributed by atoms with Crippen molar-refractivity contribution in [2.75, 3.05) is 13.7 Å². The minimum Gasteiger partial charge on any atom is -0.494 e. The molecule has 1 aromatic rings. The van der Waals surface area contributed by atoms with Crippen LogP contribution >= 0.6 is 0 Å². The molecule has 2 amide bonds. The van der Waals surface area contributed by atoms with Crippen LogP contribution < -0.4 is 15.4 Å². The smallest absolute Gasteiger partial charge is 0.337 e. The Morgan fingerprint density at radius 2 is 1.47 bits per heavy atom. The van der Waals surface area contributed by atoms with E-state index in [1.807, 2.05) is 0 Å². The van der Waals surface area contributed by atoms with Crippen molar-refractivity contribution in [3.8, 4) is 5.75 Å². The zero-order valence-electron chi connectivity index (χ0n) is 28.4. The summed E-state index contributed by atoms with van der Waals surface area (Å²) in [6.07, 6.45) is 9.99. The number of aliphatic carboxylic acids is 1. The highest BCUT2D eigenvalue weighted by molar-refractivity contribution is 5.93. The van der Waals surface area contributed by atoms with Gasteiger partial charge in [0.1, 0.15) is 17.6 Å². The van der Waals surface area contributed by atoms with Gasteiger partial charge < -0.3 is 25.6 Å². The minimum atomic E-state index is -3.20. The maximum absolute atomic E-state index is 13.4. The molecule has 0 unspecified atom stereocenters. The molecule has 1 aromatic carbocycles. The second kappa shape index (κ2) is 23.9. The zero-order chi connectivity index (χ0) is 35.1. The Morgan fingerprint density at radius 1 is 0.872 bits per heavy atom. The van der Waals surface area contributed by atoms with Crippen LogP contribution in [0.3, 0.4) is 0 Å². The summed E-state index contributed by atoms with van der Waals surface area (Å²) in [6, 6.07) is 5.77. The molecule has 0 radical (unpaired) electrons. The topological polar surface area (TPSA) is 142 Å². The standard InChI is InChI=1S/C36H56F2N2O7/c1-4-6-8-11-14-17-28(41)18-15-12-9-10-13-16-19-30(36(46,35(44)45)26-32(37)38)33(42)40-31(34(43)39-3)25-27-20-22-29(23-21-27)47-24-7-5-2/h16,19-23,30-32,46H,4-15,17-18,24-26H2,1-3H3,(H,39,43)(H,40,42)(H,44,45)/t30-,31+,36+/m1/s1. The number of carbonyl (C=O) groups excluding carboxylic acids is 3. The second-order valence-electron chi connectivity index (χ2n) is 12.1. The van der Waals surface area contributed by atoms with Crippen molar-refractivity contribution in [2.45, 2.75) is 135 Å². The molecule has 9 nitrogen and oxygen atoms in total. The lowest BCUT2D eigenvalue weighted by Gasteiger charge is -2.31. The molecule has 0 fully saturated rings. The second-order valence-corrected chi connectivity index (χ2v) is 12.1. The lowest BCUT2D eigenvalue weighted by Crippen LogP contribution is -2.56. The molecule has 3 atom stereocenters. The number of nitrogens with one attached hydrogen (secondary N) is 2. The first kappa shape index (κ1) is 41.7. The van der Waals surface area contributed by atoms with Gasteiger partial charge in [-0.25, -0.2) is 13.6 Å². The number of hydrogen-bond donors (Lipinski definition) is 4. The Morgan fingerprint density at radius 3 is 2.02 bits per heavy atom. The van der Waals surface area contributed by atoms with Gasteiger partial charge in [0.05, 0.1) is 12.5 Å². The Labute approximate surface area is 278 Å². The van der Waals surface area contributed by atoms with Crippen LogP contribution in [0.15, 0.2) is 36.4 Å². The number of carbonyl (C=O) groups is 4. The molecular formula is C36H56F2N2O7. The number of amides is 2. The number of rotatable bonds is 27. The van der Waals surface area contributed by atoms with E-state index in [1.165, 1.54) is 19.5 Å². The lowest BCUT2D eigenvalue weighted by atomic mass is 9.82. The van der Waals surface area contributed by atoms with Crippen LogP contribution in [0.4, 0.5) is 8.78 Å². The summed E-state index contributed by atoms with van der Waals surface area (Å²) in [7, 11) is 1.37. The van der Waals surface area contributed by atoms with Crippen LogP contribution in [-0.2, 0) is 25.6 Å². The largest absolute Gasteiger partial charge is 0.494 e. The number of unbranched alkanes of at least 4 members (excludes halogenated alkanes) is 9. The van der Waals surface area contributed by atoms with Crippen molar-refractivity contribution in [3.63, 3.8) is 0 Å². The third kappa shape index (κ3) is 16.9. The van der Waals surface area contributed by atoms with Gasteiger partial charge in [-0.3, -0.25) is 14.4 Å². The molecule has 0 bridgehead atoms. The van der Waals surface area contributed by atoms with Crippen molar-refractivity contribution >= 4 is 23.6 Å². The highest BCUT2D eigenvalue weighted by atomic mass is 19.3. The number of aliphatic hydroxyl groups is 1. The summed E-state index contributed by atoms with van der Waals surface area (Å²) in [4.78, 5) is 50.3. The number of benzene rings is 1. The molecule has 0 heterocycles. The summed E-state index contributed by atoms with van der Waals surface area (Å²) < 4.78 is 32.5. The monoisotopic (exact) mass is 666 g/mol. The van der Waals surface area contributed by atoms with E-state index in [2.05, 4.69) is 24.5 Å². The predicted octanol–water partition coefficient (Wildman–Crippen LogP) is 6.55. The van der Waals surface area contributed by atoms with E-state index in [4.69, 9.17) is 4.74 Å². The summed E-state index contributed by atoms with van der Waals surface area (Å²) in [5.74, 6) is -4.57. The molecule has 0 aromatic heterocycles. The molecule has 11 heteroatoms. The van der Waals surface area contributed by atoms with Crippen LogP contribution in [0.2, 0.25) is 0 Å². The molecule has 266 valence electrons. The maximum Gasteiger partial charge on any atom is 0.337 e. The number of ketones is 1. The predicted molar refractivity (Wildman–Crippen MR) is 178 cm³/mol. The summed E-state index contributed by atoms with van der Waals surface area (Å²) in [5.41, 5.74) is -2.43. The Hall–Kier alpha value is -3.34. The maximum atomic E-state index is 13.4. The first-order valence-corrected chi connectivity index (χ1v) is 17.1. The molecule has 47 heavy (non-hydrogen) atoms. The molecule has 1 rings (SSSR count). The molecule has 0 saturated heterocycles. The van der Waals surface area contributed by atoms with Gasteiger partial charge in [0.25, 0.3) is 0 Å². The van der Waals surface area contributed by atoms with Crippen LogP contribution in [0, 0.1) is 5.92 Å². The summed E-state index contributed by atoms with van der Waals surface area (Å²) in [6.45, 7) is 4.76. The first-order chi connectivity index (χ1) is 22.5. The van der Waals surface area contributed by atoms with Gasteiger partial charge >= 0.3 is 5.97 Å². The van der Waals surface area contributed by atoms with Crippen LogP contribution in [0.1, 0.15) is 116 Å². The van der Waals surface area contributed by atoms with Crippen molar-refractivity contribution in [1.82, 2.24) is 10.6 Å². The van der Waals surface area contributed by atoms with Crippen LogP contribution in [0.5, 0.6) is 5.75 Å². The van der Waals surface area contributed by atoms with Gasteiger partial charge in [-0.2, -0.15) is 0 Å². The van der Waals surface area contributed by atoms with E-state index in [0.717, 1.165) is 63.9 Å². The van der Waals surface area contributed by atoms with E-state index in [9.17, 15) is 38.2 Å². The molecular weight excluding hydrogens is 610 g/mol. The van der Waals surface area contributed by atoms with Crippen molar-refractivity contribution in [2.24, 2.45) is 5.92 Å². The number of carboxylic acids is 1. The first-order valence-electron chi connectivity index (χ1n) is 17.1. The number of alkyl halides is 2. The highest BCUT2D eigenvalue weighted by Crippen LogP contribution is 2.28. The van der Waals surface area contributed by atoms with E-state index >= 15 is 0 Å². The fourth-order valence-electron chi connectivity index (χ4n) is 5.20. The molecule has 0 saturated carbocycles. The fraction of sp³-hybridized carbons (Fsp3) is 0.667. The SMILES string of the molecule is CCCCCCCC(=O)CCCCCCC=C[C@H](C(=O)N[C@@H](Cc1ccc(OCCCC)cc1)C(=O)NC)[C@@](O)(CC(F)F)C(=O)O. The van der Waals surface area contributed by atoms with Gasteiger partial charge in [-0.05, 0) is 49.8 Å². The summed E-state index contributed by atoms with van der Waals surface area (Å²) >= 11 is 0. The van der Waals surface area contributed by atoms with Crippen molar-refractivity contribution in [1.29, 1.82) is 0 Å². The lowest BCUT2D eigenvalue weighted by molar-refractivity contribution is -0.171. The van der Waals surface area contributed by atoms with Crippen LogP contribution in [-0.4, -0.2) is 65.5 Å². The average Bonchev–Trinajstić information content (AvgIpc) is 3.03. The number of ether oxygens (including phenoxy) is 1. The van der Waals surface area contributed by atoms with Gasteiger partial charge in [-0.1, -0.05) is 83.1 Å². The molecule has 0 aliphatic carbocycles. The van der Waals surface area contributed by atoms with Crippen LogP contribution in [0.25, 0.3) is 0 Å². The molecule has 0 aliphatic rings. The number of carboxylic acid groups (broad SMARTS) is 1. The number of hydrogen-bond acceptors (Lipinski definition) is 6. The fourth-order valence-corrected chi connectivity index (χ4v) is 5.20. The van der Waals surface area contributed by atoms with E-state index in [1.54, 1.807) is 24.3 Å². The van der Waals surface area contributed by atoms with Gasteiger partial charge in [-0.15, -0.1) is 0 Å². The van der Waals surface area contributed by atoms with Gasteiger partial charge in [0.2, 0.25) is 18.2 Å². The number of Topliss-reactive ketones (excluding diaryl/α,β-unsaturated/α-hetero) is 1. The summed E-state index contributed by atoms with van der Waals surface area (Å²) in [5, 5.41) is 25.6. The van der Waals surface area contributed by atoms with Crippen molar-refractivity contribution in [3.05, 3.63) is 42.0 Å². The average molecular weight is 667 g/mol. The zero-order valence-corrected chi connectivity index (χ0v) is 28.4. The Bertz CT molecular complexity index is 1100. The van der Waals surface area contributed by atoms with Crippen molar-refractivity contribution < 1.29 is 42.9 Å². The molecule has 0 aliphatic heterocycles. The number of halogens is 2. The quantitative estimate of drug-likeness (QED) is 0.0616. The van der Waals surface area contributed by atoms with E-state index in [-0.39, 0.29) is 12.2 Å². The third-order valence-corrected chi connectivity index (χ3v) is 8.11. The van der Waals surface area contributed by atoms with Gasteiger partial charge in [0.15, 0.2) is 5.60 Å². The van der Waals surface area contributed by atoms with Gasteiger partial charge in [0, 0.05) is 32.7 Å². The minimum absolute atomic E-state index is 0.0266. The number of likely N-dealkylation sites (N-methyl/N-ethyl adjacent to an activating group) is 1. The van der Waals surface area contributed by atoms with E-state index < -0.39 is 48.2 Å². The Kier molecular flexibility index (Phi) is 21.2. The third-order valence-electron chi connectivity index (χ3n) is 8.11. The number of allylic oxidation sites excluding steroid dienone is 1. The van der Waals surface area contributed by atoms with E-state index in [0.29, 0.717) is 43.6 Å². The highest BCUT2D eigenvalue weighted by Gasteiger charge is 2.49. The normalized spacial score (nSPS) is 14.0. The molecule has 4 N–H and O–H groups in total. The molecule has 0 spiro atoms. The Balaban J connectivity index is 2.87.